The number of H-pyrrole nitrogens is 1. The van der Waals surface area contributed by atoms with Gasteiger partial charge in [0.15, 0.2) is 5.43 Å². The molecule has 0 aliphatic carbocycles. The van der Waals surface area contributed by atoms with Crippen molar-refractivity contribution in [1.29, 1.82) is 0 Å². The summed E-state index contributed by atoms with van der Waals surface area (Å²) < 4.78 is 25.2. The van der Waals surface area contributed by atoms with Crippen LogP contribution in [-0.4, -0.2) is 26.2 Å². The number of anilines is 1. The van der Waals surface area contributed by atoms with Gasteiger partial charge in [0.2, 0.25) is 10.0 Å². The van der Waals surface area contributed by atoms with Crippen LogP contribution in [0.2, 0.25) is 0 Å². The summed E-state index contributed by atoms with van der Waals surface area (Å²) in [6.07, 6.45) is 1.74. The average molecular weight is 340 g/mol. The molecule has 2 aromatic carbocycles. The zero-order valence-electron chi connectivity index (χ0n) is 13.1. The van der Waals surface area contributed by atoms with Gasteiger partial charge in [0.25, 0.3) is 0 Å². The van der Waals surface area contributed by atoms with Gasteiger partial charge in [-0.05, 0) is 29.7 Å². The highest BCUT2D eigenvalue weighted by Gasteiger charge is 2.28. The largest absolute Gasteiger partial charge is 0.354 e. The van der Waals surface area contributed by atoms with E-state index >= 15 is 0 Å². The van der Waals surface area contributed by atoms with Gasteiger partial charge in [-0.25, -0.2) is 8.42 Å². The number of benzene rings is 2. The quantitative estimate of drug-likeness (QED) is 0.779. The number of rotatable bonds is 2. The topological polar surface area (TPSA) is 70.2 Å². The molecule has 3 aromatic rings. The lowest BCUT2D eigenvalue weighted by Crippen LogP contribution is -2.27. The highest BCUT2D eigenvalue weighted by atomic mass is 32.2. The molecule has 0 saturated heterocycles. The van der Waals surface area contributed by atoms with Crippen LogP contribution in [0, 0.1) is 0 Å². The summed E-state index contributed by atoms with van der Waals surface area (Å²) >= 11 is 0. The second kappa shape index (κ2) is 5.21. The van der Waals surface area contributed by atoms with Crippen LogP contribution in [0.25, 0.3) is 22.2 Å². The van der Waals surface area contributed by atoms with Gasteiger partial charge in [0.05, 0.1) is 22.8 Å². The van der Waals surface area contributed by atoms with Gasteiger partial charge in [-0.3, -0.25) is 9.10 Å². The number of hydrogen-bond donors (Lipinski definition) is 1. The maximum Gasteiger partial charge on any atom is 0.232 e. The predicted molar refractivity (Wildman–Crippen MR) is 95.9 cm³/mol. The van der Waals surface area contributed by atoms with Crippen molar-refractivity contribution < 1.29 is 8.42 Å². The van der Waals surface area contributed by atoms with Crippen LogP contribution in [0.1, 0.15) is 5.56 Å². The van der Waals surface area contributed by atoms with Crippen molar-refractivity contribution in [3.8, 4) is 11.3 Å². The highest BCUT2D eigenvalue weighted by Crippen LogP contribution is 2.34. The fourth-order valence-corrected chi connectivity index (χ4v) is 4.30. The van der Waals surface area contributed by atoms with Crippen molar-refractivity contribution in [3.63, 3.8) is 0 Å². The number of nitrogens with zero attached hydrogens (tertiary/aromatic N) is 1. The molecule has 0 unspecified atom stereocenters. The summed E-state index contributed by atoms with van der Waals surface area (Å²) in [5, 5.41) is 0.582. The van der Waals surface area contributed by atoms with Crippen molar-refractivity contribution in [1.82, 2.24) is 4.98 Å². The Hall–Kier alpha value is -2.60. The molecule has 0 radical (unpaired) electrons. The van der Waals surface area contributed by atoms with Crippen molar-refractivity contribution in [2.75, 3.05) is 17.1 Å². The molecule has 6 heteroatoms. The van der Waals surface area contributed by atoms with Crippen LogP contribution in [0.5, 0.6) is 0 Å². The maximum absolute atomic E-state index is 12.7. The first-order valence-electron chi connectivity index (χ1n) is 7.67. The van der Waals surface area contributed by atoms with Crippen molar-refractivity contribution in [3.05, 3.63) is 64.3 Å². The lowest BCUT2D eigenvalue weighted by atomic mass is 10.0. The summed E-state index contributed by atoms with van der Waals surface area (Å²) in [4.78, 5) is 16.0. The molecule has 2 heterocycles. The first kappa shape index (κ1) is 15.0. The third-order valence-electron chi connectivity index (χ3n) is 4.40. The van der Waals surface area contributed by atoms with E-state index < -0.39 is 10.0 Å². The van der Waals surface area contributed by atoms with E-state index in [9.17, 15) is 13.2 Å². The van der Waals surface area contributed by atoms with Crippen molar-refractivity contribution in [2.24, 2.45) is 0 Å². The number of hydrogen-bond acceptors (Lipinski definition) is 3. The Labute approximate surface area is 139 Å². The Kier molecular flexibility index (Phi) is 3.25. The zero-order chi connectivity index (χ0) is 16.9. The molecular formula is C18H16N2O3S. The van der Waals surface area contributed by atoms with E-state index in [-0.39, 0.29) is 5.43 Å². The smallest absolute Gasteiger partial charge is 0.232 e. The van der Waals surface area contributed by atoms with Crippen LogP contribution < -0.4 is 9.73 Å². The summed E-state index contributed by atoms with van der Waals surface area (Å²) in [6, 6.07) is 14.8. The highest BCUT2D eigenvalue weighted by molar-refractivity contribution is 7.92. The molecular weight excluding hydrogens is 324 g/mol. The van der Waals surface area contributed by atoms with E-state index in [0.29, 0.717) is 24.0 Å². The molecule has 0 bridgehead atoms. The lowest BCUT2D eigenvalue weighted by Gasteiger charge is -2.16. The van der Waals surface area contributed by atoms with Crippen molar-refractivity contribution >= 4 is 26.6 Å². The number of pyridine rings is 1. The van der Waals surface area contributed by atoms with Crippen molar-refractivity contribution in [2.45, 2.75) is 6.42 Å². The minimum absolute atomic E-state index is 0.0881. The predicted octanol–water partition coefficient (Wildman–Crippen LogP) is 2.52. The third kappa shape index (κ3) is 2.30. The summed E-state index contributed by atoms with van der Waals surface area (Å²) in [6.45, 7) is 0.382. The molecule has 1 aliphatic heterocycles. The molecule has 24 heavy (non-hydrogen) atoms. The van der Waals surface area contributed by atoms with Crippen LogP contribution in [0.15, 0.2) is 53.3 Å². The van der Waals surface area contributed by atoms with E-state index in [1.807, 2.05) is 30.3 Å². The molecule has 5 nitrogen and oxygen atoms in total. The summed E-state index contributed by atoms with van der Waals surface area (Å²) in [5.74, 6) is 0. The summed E-state index contributed by atoms with van der Waals surface area (Å²) in [7, 11) is -3.33. The van der Waals surface area contributed by atoms with E-state index in [2.05, 4.69) is 4.98 Å². The number of nitrogens with one attached hydrogen (secondary N) is 1. The van der Waals surface area contributed by atoms with E-state index in [1.165, 1.54) is 10.6 Å². The normalized spacial score (nSPS) is 14.1. The minimum Gasteiger partial charge on any atom is -0.354 e. The maximum atomic E-state index is 12.7. The zero-order valence-corrected chi connectivity index (χ0v) is 13.9. The molecule has 0 amide bonds. The molecule has 0 fully saturated rings. The SMILES string of the molecule is CS(=O)(=O)N1CCc2c1ccc1[nH]c(-c3ccccc3)cc(=O)c21. The molecule has 122 valence electrons. The van der Waals surface area contributed by atoms with Gasteiger partial charge in [0.1, 0.15) is 0 Å². The Bertz CT molecular complexity index is 1100. The molecule has 1 aliphatic rings. The second-order valence-corrected chi connectivity index (χ2v) is 7.89. The number of aromatic amines is 1. The molecule has 0 spiro atoms. The standard InChI is InChI=1S/C18H16N2O3S/c1-24(22,23)20-10-9-13-16(20)8-7-14-18(13)17(21)11-15(19-14)12-5-3-2-4-6-12/h2-8,11H,9-10H2,1H3,(H,19,21). The van der Waals surface area contributed by atoms with Crippen LogP contribution in [0.3, 0.4) is 0 Å². The first-order chi connectivity index (χ1) is 11.4. The number of sulfonamides is 1. The van der Waals surface area contributed by atoms with Crippen LogP contribution in [0.4, 0.5) is 5.69 Å². The van der Waals surface area contributed by atoms with Crippen LogP contribution in [-0.2, 0) is 16.4 Å². The Balaban J connectivity index is 1.95. The molecule has 0 atom stereocenters. The Morgan fingerprint density at radius 2 is 1.83 bits per heavy atom. The molecule has 4 rings (SSSR count). The van der Waals surface area contributed by atoms with Crippen LogP contribution >= 0.6 is 0 Å². The fraction of sp³-hybridized carbons (Fsp3) is 0.167. The third-order valence-corrected chi connectivity index (χ3v) is 5.58. The first-order valence-corrected chi connectivity index (χ1v) is 9.52. The number of aromatic nitrogens is 1. The lowest BCUT2D eigenvalue weighted by molar-refractivity contribution is 0.598. The minimum atomic E-state index is -3.33. The Morgan fingerprint density at radius 1 is 1.08 bits per heavy atom. The second-order valence-electron chi connectivity index (χ2n) is 5.98. The monoisotopic (exact) mass is 340 g/mol. The van der Waals surface area contributed by atoms with Gasteiger partial charge in [0, 0.05) is 18.3 Å². The fourth-order valence-electron chi connectivity index (χ4n) is 3.35. The van der Waals surface area contributed by atoms with E-state index in [1.54, 1.807) is 18.2 Å². The van der Waals surface area contributed by atoms with Gasteiger partial charge in [-0.2, -0.15) is 0 Å². The van der Waals surface area contributed by atoms with E-state index in [0.717, 1.165) is 22.3 Å². The summed E-state index contributed by atoms with van der Waals surface area (Å²) in [5.41, 5.74) is 3.76. The van der Waals surface area contributed by atoms with Gasteiger partial charge in [-0.15, -0.1) is 0 Å². The molecule has 1 N–H and O–H groups in total. The molecule has 0 saturated carbocycles. The van der Waals surface area contributed by atoms with E-state index in [4.69, 9.17) is 0 Å². The average Bonchev–Trinajstić information content (AvgIpc) is 2.99. The molecule has 1 aromatic heterocycles. The van der Waals surface area contributed by atoms with Gasteiger partial charge in [-0.1, -0.05) is 30.3 Å². The van der Waals surface area contributed by atoms with Gasteiger partial charge < -0.3 is 4.98 Å². The Morgan fingerprint density at radius 3 is 2.54 bits per heavy atom. The number of fused-ring (bicyclic) bond motifs is 3. The van der Waals surface area contributed by atoms with Gasteiger partial charge >= 0.3 is 0 Å².